The molecule has 3 aromatic rings. The summed E-state index contributed by atoms with van der Waals surface area (Å²) in [5.74, 6) is -0.704. The number of hydrogen-bond acceptors (Lipinski definition) is 6. The Balaban J connectivity index is 2.11. The quantitative estimate of drug-likeness (QED) is 0.435. The average molecular weight is 396 g/mol. The van der Waals surface area contributed by atoms with Crippen molar-refractivity contribution in [1.29, 1.82) is 0 Å². The van der Waals surface area contributed by atoms with Crippen LogP contribution in [0.15, 0.2) is 54.6 Å². The van der Waals surface area contributed by atoms with E-state index in [-0.39, 0.29) is 30.3 Å². The van der Waals surface area contributed by atoms with Crippen molar-refractivity contribution in [2.45, 2.75) is 0 Å². The van der Waals surface area contributed by atoms with Gasteiger partial charge in [-0.25, -0.2) is 4.79 Å². The summed E-state index contributed by atoms with van der Waals surface area (Å²) in [5.41, 5.74) is 0.258. The predicted octanol–water partition coefficient (Wildman–Crippen LogP) is 3.73. The molecule has 150 valence electrons. The Labute approximate surface area is 167 Å². The van der Waals surface area contributed by atoms with Crippen LogP contribution in [-0.4, -0.2) is 44.7 Å². The monoisotopic (exact) mass is 396 g/mol. The smallest absolute Gasteiger partial charge is 0.336 e. The molecule has 0 amide bonds. The Morgan fingerprint density at radius 2 is 1.52 bits per heavy atom. The molecule has 0 saturated heterocycles. The number of hydrogen-bond donors (Lipinski definition) is 1. The highest BCUT2D eigenvalue weighted by molar-refractivity contribution is 6.17. The van der Waals surface area contributed by atoms with Crippen molar-refractivity contribution < 1.29 is 33.6 Å². The van der Waals surface area contributed by atoms with Gasteiger partial charge in [-0.2, -0.15) is 0 Å². The zero-order valence-corrected chi connectivity index (χ0v) is 16.0. The van der Waals surface area contributed by atoms with Gasteiger partial charge in [-0.15, -0.1) is 0 Å². The minimum atomic E-state index is -1.17. The first kappa shape index (κ1) is 20.3. The van der Waals surface area contributed by atoms with Crippen LogP contribution in [0, 0.1) is 0 Å². The zero-order chi connectivity index (χ0) is 20.8. The molecule has 29 heavy (non-hydrogen) atoms. The number of carboxylic acid groups (broad SMARTS) is 1. The highest BCUT2D eigenvalue weighted by atomic mass is 16.7. The molecule has 0 aliphatic rings. The molecule has 0 unspecified atom stereocenters. The van der Waals surface area contributed by atoms with Gasteiger partial charge in [0.25, 0.3) is 0 Å². The van der Waals surface area contributed by atoms with Crippen molar-refractivity contribution >= 4 is 22.5 Å². The van der Waals surface area contributed by atoms with Gasteiger partial charge in [-0.1, -0.05) is 24.3 Å². The maximum atomic E-state index is 13.2. The molecule has 0 spiro atoms. The lowest BCUT2D eigenvalue weighted by molar-refractivity contribution is 0.0510. The molecule has 0 aliphatic heterocycles. The molecule has 0 fully saturated rings. The van der Waals surface area contributed by atoms with Crippen LogP contribution in [0.1, 0.15) is 26.3 Å². The highest BCUT2D eigenvalue weighted by Crippen LogP contribution is 2.34. The van der Waals surface area contributed by atoms with E-state index in [9.17, 15) is 14.7 Å². The average Bonchev–Trinajstić information content (AvgIpc) is 2.75. The van der Waals surface area contributed by atoms with Gasteiger partial charge in [0, 0.05) is 25.2 Å². The second-order valence-electron chi connectivity index (χ2n) is 6.11. The molecule has 3 aromatic carbocycles. The number of rotatable bonds is 9. The fourth-order valence-corrected chi connectivity index (χ4v) is 2.96. The normalized spacial score (nSPS) is 10.7. The maximum absolute atomic E-state index is 13.2. The highest BCUT2D eigenvalue weighted by Gasteiger charge is 2.22. The number of fused-ring (bicyclic) bond motifs is 1. The molecule has 7 heteroatoms. The third-order valence-electron chi connectivity index (χ3n) is 4.25. The number of methoxy groups -OCH3 is 2. The van der Waals surface area contributed by atoms with Gasteiger partial charge in [-0.3, -0.25) is 4.79 Å². The van der Waals surface area contributed by atoms with Crippen molar-refractivity contribution in [3.8, 4) is 11.5 Å². The molecule has 0 radical (unpaired) electrons. The largest absolute Gasteiger partial charge is 0.478 e. The molecule has 0 saturated carbocycles. The molecule has 0 atom stereocenters. The van der Waals surface area contributed by atoms with Crippen molar-refractivity contribution in [3.05, 3.63) is 71.3 Å². The molecule has 0 aliphatic carbocycles. The van der Waals surface area contributed by atoms with Gasteiger partial charge in [-0.05, 0) is 35.7 Å². The molecule has 0 bridgehead atoms. The molecule has 0 aromatic heterocycles. The van der Waals surface area contributed by atoms with Crippen LogP contribution in [0.5, 0.6) is 11.5 Å². The van der Waals surface area contributed by atoms with E-state index in [1.165, 1.54) is 26.4 Å². The summed E-state index contributed by atoms with van der Waals surface area (Å²) in [7, 11) is 3.01. The standard InChI is InChI=1S/C22H20O7/c1-26-12-28-15-8-10-16-14(11-15)7-9-19(21(16)29-13-27-2)20(23)17-5-3-4-6-18(17)22(24)25/h3-11H,12-13H2,1-2H3,(H,24,25). The van der Waals surface area contributed by atoms with E-state index in [2.05, 4.69) is 0 Å². The molecular formula is C22H20O7. The number of ketones is 1. The number of carbonyl (C=O) groups excluding carboxylic acids is 1. The summed E-state index contributed by atoms with van der Waals surface area (Å²) in [6.45, 7) is 0.0446. The fraction of sp³-hybridized carbons (Fsp3) is 0.182. The third kappa shape index (κ3) is 4.37. The summed E-state index contributed by atoms with van der Waals surface area (Å²) in [4.78, 5) is 24.7. The Morgan fingerprint density at radius 3 is 2.21 bits per heavy atom. The maximum Gasteiger partial charge on any atom is 0.336 e. The van der Waals surface area contributed by atoms with E-state index in [0.717, 1.165) is 5.39 Å². The Bertz CT molecular complexity index is 1040. The van der Waals surface area contributed by atoms with Crippen LogP contribution in [0.4, 0.5) is 0 Å². The van der Waals surface area contributed by atoms with Gasteiger partial charge in [0.05, 0.1) is 11.1 Å². The lowest BCUT2D eigenvalue weighted by Crippen LogP contribution is -2.12. The molecule has 0 heterocycles. The third-order valence-corrected chi connectivity index (χ3v) is 4.25. The Morgan fingerprint density at radius 1 is 0.828 bits per heavy atom. The summed E-state index contributed by atoms with van der Waals surface area (Å²) in [5, 5.41) is 10.9. The van der Waals surface area contributed by atoms with Crippen LogP contribution in [0.2, 0.25) is 0 Å². The lowest BCUT2D eigenvalue weighted by atomic mass is 9.95. The number of aromatic carboxylic acids is 1. The van der Waals surface area contributed by atoms with Gasteiger partial charge in [0.15, 0.2) is 19.4 Å². The van der Waals surface area contributed by atoms with Crippen molar-refractivity contribution in [2.24, 2.45) is 0 Å². The van der Waals surface area contributed by atoms with Crippen LogP contribution in [-0.2, 0) is 9.47 Å². The summed E-state index contributed by atoms with van der Waals surface area (Å²) in [6.07, 6.45) is 0. The summed E-state index contributed by atoms with van der Waals surface area (Å²) in [6, 6.07) is 14.7. The second-order valence-corrected chi connectivity index (χ2v) is 6.11. The summed E-state index contributed by atoms with van der Waals surface area (Å²) < 4.78 is 21.1. The molecule has 7 nitrogen and oxygen atoms in total. The topological polar surface area (TPSA) is 91.3 Å². The number of carbonyl (C=O) groups is 2. The SMILES string of the molecule is COCOc1ccc2c(OCOC)c(C(=O)c3ccccc3C(=O)O)ccc2c1. The lowest BCUT2D eigenvalue weighted by Gasteiger charge is -2.15. The molecule has 1 N–H and O–H groups in total. The first-order chi connectivity index (χ1) is 14.1. The second kappa shape index (κ2) is 9.18. The van der Waals surface area contributed by atoms with Crippen LogP contribution >= 0.6 is 0 Å². The number of benzene rings is 3. The first-order valence-corrected chi connectivity index (χ1v) is 8.74. The van der Waals surface area contributed by atoms with E-state index in [1.807, 2.05) is 0 Å². The van der Waals surface area contributed by atoms with E-state index in [0.29, 0.717) is 16.9 Å². The van der Waals surface area contributed by atoms with Crippen LogP contribution in [0.25, 0.3) is 10.8 Å². The fourth-order valence-electron chi connectivity index (χ4n) is 2.96. The van der Waals surface area contributed by atoms with E-state index in [4.69, 9.17) is 18.9 Å². The Hall–Kier alpha value is -3.42. The van der Waals surface area contributed by atoms with Crippen LogP contribution < -0.4 is 9.47 Å². The van der Waals surface area contributed by atoms with E-state index >= 15 is 0 Å². The predicted molar refractivity (Wildman–Crippen MR) is 106 cm³/mol. The molecular weight excluding hydrogens is 376 g/mol. The zero-order valence-electron chi connectivity index (χ0n) is 16.0. The van der Waals surface area contributed by atoms with Gasteiger partial charge in [0.2, 0.25) is 0 Å². The van der Waals surface area contributed by atoms with E-state index < -0.39 is 11.8 Å². The van der Waals surface area contributed by atoms with Gasteiger partial charge in [0.1, 0.15) is 11.5 Å². The number of ether oxygens (including phenoxy) is 4. The van der Waals surface area contributed by atoms with E-state index in [1.54, 1.807) is 42.5 Å². The van der Waals surface area contributed by atoms with Gasteiger partial charge < -0.3 is 24.1 Å². The van der Waals surface area contributed by atoms with Crippen molar-refractivity contribution in [3.63, 3.8) is 0 Å². The van der Waals surface area contributed by atoms with Gasteiger partial charge >= 0.3 is 5.97 Å². The van der Waals surface area contributed by atoms with Crippen molar-refractivity contribution in [1.82, 2.24) is 0 Å². The summed E-state index contributed by atoms with van der Waals surface area (Å²) >= 11 is 0. The van der Waals surface area contributed by atoms with Crippen molar-refractivity contribution in [2.75, 3.05) is 27.8 Å². The minimum Gasteiger partial charge on any atom is -0.478 e. The number of carboxylic acids is 1. The minimum absolute atomic E-state index is 0.0676. The first-order valence-electron chi connectivity index (χ1n) is 8.74. The molecule has 3 rings (SSSR count). The Kier molecular flexibility index (Phi) is 6.43. The van der Waals surface area contributed by atoms with Crippen LogP contribution in [0.3, 0.4) is 0 Å².